The second-order valence-corrected chi connectivity index (χ2v) is 9.73. The van der Waals surface area contributed by atoms with Crippen LogP contribution >= 0.6 is 0 Å². The van der Waals surface area contributed by atoms with Gasteiger partial charge in [0.05, 0.1) is 12.6 Å². The summed E-state index contributed by atoms with van der Waals surface area (Å²) in [6, 6.07) is 14.0. The summed E-state index contributed by atoms with van der Waals surface area (Å²) in [7, 11) is 0. The summed E-state index contributed by atoms with van der Waals surface area (Å²) < 4.78 is 42.8. The Hall–Kier alpha value is -4.13. The zero-order valence-corrected chi connectivity index (χ0v) is 22.7. The Morgan fingerprint density at radius 1 is 0.829 bits per heavy atom. The Morgan fingerprint density at radius 2 is 1.39 bits per heavy atom. The molecule has 0 fully saturated rings. The van der Waals surface area contributed by atoms with Crippen molar-refractivity contribution in [2.75, 3.05) is 13.2 Å². The van der Waals surface area contributed by atoms with E-state index < -0.39 is 61.3 Å². The van der Waals surface area contributed by atoms with Crippen molar-refractivity contribution in [3.05, 3.63) is 71.8 Å². The van der Waals surface area contributed by atoms with Gasteiger partial charge >= 0.3 is 18.2 Å². The van der Waals surface area contributed by atoms with Gasteiger partial charge in [0.2, 0.25) is 11.8 Å². The molecule has 0 bridgehead atoms. The second kappa shape index (κ2) is 16.2. The number of amides is 4. The molecule has 5 N–H and O–H groups in total. The van der Waals surface area contributed by atoms with Crippen molar-refractivity contribution in [3.63, 3.8) is 0 Å². The molecule has 0 saturated carbocycles. The normalized spacial score (nSPS) is 13.4. The highest BCUT2D eigenvalue weighted by Crippen LogP contribution is 2.14. The minimum absolute atomic E-state index is 0.00166. The van der Waals surface area contributed by atoms with Crippen LogP contribution < -0.4 is 21.3 Å². The third kappa shape index (κ3) is 12.3. The van der Waals surface area contributed by atoms with Crippen LogP contribution in [-0.2, 0) is 32.1 Å². The van der Waals surface area contributed by atoms with E-state index in [0.717, 1.165) is 5.56 Å². The molecule has 4 amide bonds. The molecule has 0 spiro atoms. The number of alkyl halides is 3. The Balaban J connectivity index is 2.12. The van der Waals surface area contributed by atoms with E-state index in [1.165, 1.54) is 0 Å². The number of hydrogen-bond donors (Lipinski definition) is 5. The van der Waals surface area contributed by atoms with Crippen LogP contribution in [0.5, 0.6) is 0 Å². The fourth-order valence-corrected chi connectivity index (χ4v) is 3.72. The number of ether oxygens (including phenoxy) is 1. The van der Waals surface area contributed by atoms with E-state index in [0.29, 0.717) is 5.56 Å². The maximum absolute atomic E-state index is 13.3. The monoisotopic (exact) mass is 580 g/mol. The fraction of sp³-hybridized carbons (Fsp3) is 0.429. The van der Waals surface area contributed by atoms with E-state index in [1.54, 1.807) is 59.9 Å². The zero-order chi connectivity index (χ0) is 30.4. The molecule has 0 aliphatic carbocycles. The van der Waals surface area contributed by atoms with Gasteiger partial charge in [-0.2, -0.15) is 13.2 Å². The average molecular weight is 581 g/mol. The summed E-state index contributed by atoms with van der Waals surface area (Å²) in [5.74, 6) is -3.74. The largest absolute Gasteiger partial charge is 0.471 e. The first-order chi connectivity index (χ1) is 19.4. The van der Waals surface area contributed by atoms with Crippen LogP contribution in [0.15, 0.2) is 60.7 Å². The summed E-state index contributed by atoms with van der Waals surface area (Å²) in [5.41, 5.74) is 1.41. The molecule has 10 nitrogen and oxygen atoms in total. The summed E-state index contributed by atoms with van der Waals surface area (Å²) in [6.45, 7) is 2.19. The highest BCUT2D eigenvalue weighted by molar-refractivity contribution is 5.91. The Labute approximate surface area is 236 Å². The number of benzene rings is 2. The molecule has 0 radical (unpaired) electrons. The lowest BCUT2D eigenvalue weighted by Gasteiger charge is -2.26. The standard InChI is InChI=1S/C28H35F3N4O6/c1-18(2)13-22(35-27(40)41-17-20-11-7-4-8-12-20)25(38)34-23(14-19-9-5-3-6-10-19)24(37)33-21(16-36)15-32-26(39)28(29,30)31/h3-12,18,21-23,36H,13-17H2,1-2H3,(H,32,39)(H,33,37)(H,34,38)(H,35,40)/t21-,22-,23-/m0/s1. The lowest BCUT2D eigenvalue weighted by atomic mass is 10.0. The molecule has 0 saturated heterocycles. The maximum atomic E-state index is 13.3. The first-order valence-corrected chi connectivity index (χ1v) is 13.0. The quantitative estimate of drug-likeness (QED) is 0.232. The van der Waals surface area contributed by atoms with E-state index in [-0.39, 0.29) is 25.4 Å². The molecule has 2 aromatic rings. The van der Waals surface area contributed by atoms with Gasteiger partial charge in [0.25, 0.3) is 0 Å². The second-order valence-electron chi connectivity index (χ2n) is 9.73. The van der Waals surface area contributed by atoms with Gasteiger partial charge in [-0.25, -0.2) is 4.79 Å². The minimum atomic E-state index is -5.13. The van der Waals surface area contributed by atoms with Gasteiger partial charge in [-0.05, 0) is 23.5 Å². The molecule has 3 atom stereocenters. The highest BCUT2D eigenvalue weighted by atomic mass is 19.4. The van der Waals surface area contributed by atoms with Gasteiger partial charge in [-0.1, -0.05) is 74.5 Å². The number of halogens is 3. The predicted molar refractivity (Wildman–Crippen MR) is 143 cm³/mol. The molecular weight excluding hydrogens is 545 g/mol. The number of alkyl carbamates (subject to hydrolysis) is 1. The SMILES string of the molecule is CC(C)C[C@H](NC(=O)OCc1ccccc1)C(=O)N[C@@H](Cc1ccccc1)C(=O)N[C@H](CO)CNC(=O)C(F)(F)F. The first-order valence-electron chi connectivity index (χ1n) is 13.0. The molecule has 13 heteroatoms. The van der Waals surface area contributed by atoms with Gasteiger partial charge < -0.3 is 31.1 Å². The lowest BCUT2D eigenvalue weighted by Crippen LogP contribution is -2.57. The number of nitrogens with one attached hydrogen (secondary N) is 4. The third-order valence-corrected chi connectivity index (χ3v) is 5.78. The molecule has 0 aliphatic rings. The number of aliphatic hydroxyl groups excluding tert-OH is 1. The van der Waals surface area contributed by atoms with Gasteiger partial charge in [0, 0.05) is 13.0 Å². The minimum Gasteiger partial charge on any atom is -0.445 e. The van der Waals surface area contributed by atoms with Crippen molar-refractivity contribution in [2.24, 2.45) is 5.92 Å². The molecule has 0 heterocycles. The van der Waals surface area contributed by atoms with Gasteiger partial charge in [0.1, 0.15) is 18.7 Å². The molecule has 2 rings (SSSR count). The zero-order valence-electron chi connectivity index (χ0n) is 22.7. The smallest absolute Gasteiger partial charge is 0.445 e. The van der Waals surface area contributed by atoms with E-state index in [4.69, 9.17) is 4.74 Å². The van der Waals surface area contributed by atoms with Crippen molar-refractivity contribution in [3.8, 4) is 0 Å². The van der Waals surface area contributed by atoms with E-state index in [2.05, 4.69) is 16.0 Å². The predicted octanol–water partition coefficient (Wildman–Crippen LogP) is 2.21. The number of aliphatic hydroxyl groups is 1. The number of carbonyl (C=O) groups is 4. The van der Waals surface area contributed by atoms with Crippen LogP contribution in [0.4, 0.5) is 18.0 Å². The van der Waals surface area contributed by atoms with Crippen molar-refractivity contribution in [1.82, 2.24) is 21.3 Å². The Kier molecular flexibility index (Phi) is 13.1. The molecular formula is C28H35F3N4O6. The topological polar surface area (TPSA) is 146 Å². The average Bonchev–Trinajstić information content (AvgIpc) is 2.93. The summed E-state index contributed by atoms with van der Waals surface area (Å²) >= 11 is 0. The summed E-state index contributed by atoms with van der Waals surface area (Å²) in [5, 5.41) is 18.7. The molecule has 224 valence electrons. The number of rotatable bonds is 14. The first kappa shape index (κ1) is 33.1. The fourth-order valence-electron chi connectivity index (χ4n) is 3.72. The highest BCUT2D eigenvalue weighted by Gasteiger charge is 2.38. The van der Waals surface area contributed by atoms with E-state index in [9.17, 15) is 37.5 Å². The molecule has 0 unspecified atom stereocenters. The van der Waals surface area contributed by atoms with Crippen LogP contribution in [0.2, 0.25) is 0 Å². The van der Waals surface area contributed by atoms with Crippen LogP contribution in [-0.4, -0.2) is 66.4 Å². The molecule has 0 aliphatic heterocycles. The summed E-state index contributed by atoms with van der Waals surface area (Å²) in [4.78, 5) is 50.0. The van der Waals surface area contributed by atoms with Crippen molar-refractivity contribution < 1.29 is 42.2 Å². The van der Waals surface area contributed by atoms with E-state index in [1.807, 2.05) is 19.9 Å². The molecule has 41 heavy (non-hydrogen) atoms. The Bertz CT molecular complexity index is 1130. The summed E-state index contributed by atoms with van der Waals surface area (Å²) in [6.07, 6.45) is -5.75. The van der Waals surface area contributed by atoms with Crippen LogP contribution in [0.1, 0.15) is 31.4 Å². The van der Waals surface area contributed by atoms with Crippen molar-refractivity contribution in [2.45, 2.75) is 57.6 Å². The van der Waals surface area contributed by atoms with Gasteiger partial charge in [-0.15, -0.1) is 0 Å². The van der Waals surface area contributed by atoms with Crippen molar-refractivity contribution >= 4 is 23.8 Å². The van der Waals surface area contributed by atoms with Crippen LogP contribution in [0.25, 0.3) is 0 Å². The van der Waals surface area contributed by atoms with Gasteiger partial charge in [-0.3, -0.25) is 14.4 Å². The molecule has 0 aromatic heterocycles. The van der Waals surface area contributed by atoms with E-state index >= 15 is 0 Å². The third-order valence-electron chi connectivity index (χ3n) is 5.78. The number of hydrogen-bond acceptors (Lipinski definition) is 6. The van der Waals surface area contributed by atoms with Crippen molar-refractivity contribution in [1.29, 1.82) is 0 Å². The van der Waals surface area contributed by atoms with Crippen LogP contribution in [0.3, 0.4) is 0 Å². The van der Waals surface area contributed by atoms with Gasteiger partial charge in [0.15, 0.2) is 0 Å². The molecule has 2 aromatic carbocycles. The van der Waals surface area contributed by atoms with Crippen LogP contribution in [0, 0.1) is 5.92 Å². The maximum Gasteiger partial charge on any atom is 0.471 e. The lowest BCUT2D eigenvalue weighted by molar-refractivity contribution is -0.173. The Morgan fingerprint density at radius 3 is 1.93 bits per heavy atom. The number of carbonyl (C=O) groups excluding carboxylic acids is 4.